The molecule has 0 aromatic carbocycles. The molecular weight excluding hydrogens is 310 g/mol. The second-order valence-corrected chi connectivity index (χ2v) is 5.75. The van der Waals surface area contributed by atoms with E-state index in [1.165, 1.54) is 18.1 Å². The van der Waals surface area contributed by atoms with Crippen molar-refractivity contribution >= 4 is 11.9 Å². The van der Waals surface area contributed by atoms with Gasteiger partial charge in [0.25, 0.3) is 5.91 Å². The monoisotopic (exact) mass is 329 g/mol. The molecular formula is C16H19N5O3. The van der Waals surface area contributed by atoms with E-state index < -0.39 is 5.97 Å². The minimum absolute atomic E-state index is 0.187. The van der Waals surface area contributed by atoms with Gasteiger partial charge in [0, 0.05) is 32.3 Å². The highest BCUT2D eigenvalue weighted by atomic mass is 16.5. The van der Waals surface area contributed by atoms with Gasteiger partial charge >= 0.3 is 5.97 Å². The molecule has 8 nitrogen and oxygen atoms in total. The van der Waals surface area contributed by atoms with Gasteiger partial charge in [-0.15, -0.1) is 5.10 Å². The number of aromatic nitrogens is 4. The Kier molecular flexibility index (Phi) is 4.28. The van der Waals surface area contributed by atoms with Gasteiger partial charge < -0.3 is 9.64 Å². The van der Waals surface area contributed by atoms with Crippen LogP contribution in [0.25, 0.3) is 0 Å². The maximum absolute atomic E-state index is 12.5. The number of pyridine rings is 1. The fraction of sp³-hybridized carbons (Fsp3) is 0.438. The van der Waals surface area contributed by atoms with Gasteiger partial charge in [-0.1, -0.05) is 0 Å². The van der Waals surface area contributed by atoms with Crippen LogP contribution in [0.3, 0.4) is 0 Å². The first-order chi connectivity index (χ1) is 11.5. The lowest BCUT2D eigenvalue weighted by atomic mass is 10.0. The molecule has 0 saturated carbocycles. The summed E-state index contributed by atoms with van der Waals surface area (Å²) in [7, 11) is 3.08. The number of methoxy groups -OCH3 is 1. The Morgan fingerprint density at radius 3 is 2.67 bits per heavy atom. The number of carbonyl (C=O) groups is 2. The SMILES string of the molecule is COC(=O)c1cc2c(nc1C)CCN(C(=O)c1ncn(C)n1)CC2. The lowest BCUT2D eigenvalue weighted by molar-refractivity contribution is 0.0598. The minimum atomic E-state index is -0.391. The average molecular weight is 329 g/mol. The quantitative estimate of drug-likeness (QED) is 0.747. The number of carbonyl (C=O) groups excluding carboxylic acids is 2. The fourth-order valence-corrected chi connectivity index (χ4v) is 2.84. The molecule has 8 heteroatoms. The van der Waals surface area contributed by atoms with Crippen LogP contribution < -0.4 is 0 Å². The molecule has 0 radical (unpaired) electrons. The normalized spacial score (nSPS) is 14.0. The lowest BCUT2D eigenvalue weighted by Gasteiger charge is -2.18. The predicted octanol–water partition coefficient (Wildman–Crippen LogP) is 0.546. The number of nitrogens with zero attached hydrogens (tertiary/aromatic N) is 5. The van der Waals surface area contributed by atoms with E-state index in [0.29, 0.717) is 37.2 Å². The Morgan fingerprint density at radius 2 is 2.00 bits per heavy atom. The molecule has 1 aliphatic heterocycles. The van der Waals surface area contributed by atoms with Gasteiger partial charge in [0.2, 0.25) is 5.82 Å². The molecule has 3 heterocycles. The maximum atomic E-state index is 12.5. The first-order valence-corrected chi connectivity index (χ1v) is 7.72. The van der Waals surface area contributed by atoms with Crippen molar-refractivity contribution in [1.29, 1.82) is 0 Å². The summed E-state index contributed by atoms with van der Waals surface area (Å²) < 4.78 is 6.30. The molecule has 0 unspecified atom stereocenters. The van der Waals surface area contributed by atoms with Crippen molar-refractivity contribution in [2.24, 2.45) is 7.05 Å². The lowest BCUT2D eigenvalue weighted by Crippen LogP contribution is -2.34. The summed E-state index contributed by atoms with van der Waals surface area (Å²) >= 11 is 0. The van der Waals surface area contributed by atoms with E-state index >= 15 is 0 Å². The van der Waals surface area contributed by atoms with Gasteiger partial charge in [-0.3, -0.25) is 14.5 Å². The molecule has 0 aliphatic carbocycles. The number of aryl methyl sites for hydroxylation is 2. The highest BCUT2D eigenvalue weighted by Gasteiger charge is 2.24. The third kappa shape index (κ3) is 2.99. The average Bonchev–Trinajstić information content (AvgIpc) is 2.90. The van der Waals surface area contributed by atoms with Crippen LogP contribution in [0.5, 0.6) is 0 Å². The molecule has 0 bridgehead atoms. The van der Waals surface area contributed by atoms with Crippen LogP contribution >= 0.6 is 0 Å². The third-order valence-electron chi connectivity index (χ3n) is 4.13. The van der Waals surface area contributed by atoms with E-state index in [4.69, 9.17) is 4.74 Å². The number of ether oxygens (including phenoxy) is 1. The van der Waals surface area contributed by atoms with Gasteiger partial charge in [0.1, 0.15) is 6.33 Å². The van der Waals surface area contributed by atoms with Crippen molar-refractivity contribution < 1.29 is 14.3 Å². The predicted molar refractivity (Wildman–Crippen MR) is 84.6 cm³/mol. The molecule has 0 spiro atoms. The summed E-state index contributed by atoms with van der Waals surface area (Å²) in [5.41, 5.74) is 3.02. The van der Waals surface area contributed by atoms with E-state index in [1.54, 1.807) is 18.9 Å². The number of fused-ring (bicyclic) bond motifs is 1. The molecule has 0 atom stereocenters. The largest absolute Gasteiger partial charge is 0.465 e. The Labute approximate surface area is 139 Å². The summed E-state index contributed by atoms with van der Waals surface area (Å²) in [4.78, 5) is 34.6. The van der Waals surface area contributed by atoms with Gasteiger partial charge in [0.05, 0.1) is 18.4 Å². The van der Waals surface area contributed by atoms with Crippen LogP contribution in [0, 0.1) is 6.92 Å². The summed E-state index contributed by atoms with van der Waals surface area (Å²) in [6, 6.07) is 1.83. The molecule has 3 rings (SSSR count). The molecule has 24 heavy (non-hydrogen) atoms. The second kappa shape index (κ2) is 6.38. The van der Waals surface area contributed by atoms with Crippen molar-refractivity contribution in [3.8, 4) is 0 Å². The molecule has 1 aliphatic rings. The Bertz CT molecular complexity index is 799. The number of hydrogen-bond acceptors (Lipinski definition) is 6. The molecule has 1 amide bonds. The summed E-state index contributed by atoms with van der Waals surface area (Å²) in [6.07, 6.45) is 2.77. The molecule has 126 valence electrons. The molecule has 0 N–H and O–H groups in total. The van der Waals surface area contributed by atoms with E-state index in [0.717, 1.165) is 11.3 Å². The van der Waals surface area contributed by atoms with Gasteiger partial charge in [-0.2, -0.15) is 0 Å². The Balaban J connectivity index is 1.82. The van der Waals surface area contributed by atoms with Crippen LogP contribution in [0.1, 0.15) is 37.9 Å². The van der Waals surface area contributed by atoms with Crippen molar-refractivity contribution in [1.82, 2.24) is 24.6 Å². The van der Waals surface area contributed by atoms with Crippen molar-refractivity contribution in [2.45, 2.75) is 19.8 Å². The molecule has 2 aromatic rings. The van der Waals surface area contributed by atoms with Crippen molar-refractivity contribution in [3.05, 3.63) is 40.7 Å². The van der Waals surface area contributed by atoms with Crippen LogP contribution in [0.4, 0.5) is 0 Å². The van der Waals surface area contributed by atoms with Crippen LogP contribution in [0.2, 0.25) is 0 Å². The van der Waals surface area contributed by atoms with Crippen LogP contribution in [0.15, 0.2) is 12.4 Å². The van der Waals surface area contributed by atoms with E-state index in [-0.39, 0.29) is 11.7 Å². The van der Waals surface area contributed by atoms with Crippen molar-refractivity contribution in [2.75, 3.05) is 20.2 Å². The van der Waals surface area contributed by atoms with Gasteiger partial charge in [-0.25, -0.2) is 9.78 Å². The first kappa shape index (κ1) is 16.1. The minimum Gasteiger partial charge on any atom is -0.465 e. The number of amides is 1. The zero-order chi connectivity index (χ0) is 17.3. The topological polar surface area (TPSA) is 90.2 Å². The van der Waals surface area contributed by atoms with E-state index in [2.05, 4.69) is 15.1 Å². The summed E-state index contributed by atoms with van der Waals surface area (Å²) in [5.74, 6) is -0.381. The smallest absolute Gasteiger partial charge is 0.339 e. The zero-order valence-corrected chi connectivity index (χ0v) is 13.9. The number of hydrogen-bond donors (Lipinski definition) is 0. The standard InChI is InChI=1S/C16H19N5O3/c1-10-12(16(23)24-3)8-11-4-6-21(7-5-13(11)18-10)15(22)14-17-9-20(2)19-14/h8-9H,4-7H2,1-3H3. The highest BCUT2D eigenvalue weighted by Crippen LogP contribution is 2.19. The summed E-state index contributed by atoms with van der Waals surface area (Å²) in [5, 5.41) is 4.07. The molecule has 0 fully saturated rings. The highest BCUT2D eigenvalue weighted by molar-refractivity contribution is 5.91. The second-order valence-electron chi connectivity index (χ2n) is 5.75. The zero-order valence-electron chi connectivity index (χ0n) is 13.9. The molecule has 2 aromatic heterocycles. The third-order valence-corrected chi connectivity index (χ3v) is 4.13. The van der Waals surface area contributed by atoms with Gasteiger partial charge in [-0.05, 0) is 25.0 Å². The maximum Gasteiger partial charge on any atom is 0.339 e. The number of esters is 1. The van der Waals surface area contributed by atoms with Crippen LogP contribution in [-0.2, 0) is 24.6 Å². The Hall–Kier alpha value is -2.77. The van der Waals surface area contributed by atoms with E-state index in [1.807, 2.05) is 6.07 Å². The number of rotatable bonds is 2. The summed E-state index contributed by atoms with van der Waals surface area (Å²) in [6.45, 7) is 2.88. The first-order valence-electron chi connectivity index (χ1n) is 7.72. The molecule has 0 saturated heterocycles. The van der Waals surface area contributed by atoms with Gasteiger partial charge in [0.15, 0.2) is 0 Å². The Morgan fingerprint density at radius 1 is 1.25 bits per heavy atom. The van der Waals surface area contributed by atoms with Crippen molar-refractivity contribution in [3.63, 3.8) is 0 Å². The van der Waals surface area contributed by atoms with Crippen LogP contribution in [-0.4, -0.2) is 56.7 Å². The fourth-order valence-electron chi connectivity index (χ4n) is 2.84. The van der Waals surface area contributed by atoms with E-state index in [9.17, 15) is 9.59 Å².